The van der Waals surface area contributed by atoms with E-state index in [2.05, 4.69) is 10.1 Å². The highest BCUT2D eigenvalue weighted by atomic mass is 19.1. The first kappa shape index (κ1) is 12.7. The van der Waals surface area contributed by atoms with Crippen molar-refractivity contribution in [1.82, 2.24) is 14.8 Å². The van der Waals surface area contributed by atoms with E-state index in [1.807, 2.05) is 13.1 Å². The molecule has 0 aliphatic rings. The number of benzene rings is 1. The molecular formula is C13H16FN3O. The maximum Gasteiger partial charge on any atom is 0.138 e. The minimum absolute atomic E-state index is 0.0229. The zero-order valence-electron chi connectivity index (χ0n) is 10.3. The van der Waals surface area contributed by atoms with Crippen LogP contribution in [0.2, 0.25) is 0 Å². The molecule has 0 saturated carbocycles. The van der Waals surface area contributed by atoms with Gasteiger partial charge in [-0.3, -0.25) is 4.68 Å². The number of halogens is 1. The van der Waals surface area contributed by atoms with Crippen LogP contribution in [-0.2, 0) is 19.9 Å². The van der Waals surface area contributed by atoms with E-state index < -0.39 is 0 Å². The van der Waals surface area contributed by atoms with Crippen LogP contribution < -0.4 is 0 Å². The van der Waals surface area contributed by atoms with Crippen molar-refractivity contribution in [2.24, 2.45) is 13.0 Å². The fourth-order valence-electron chi connectivity index (χ4n) is 1.96. The molecule has 1 heterocycles. The molecule has 18 heavy (non-hydrogen) atoms. The lowest BCUT2D eigenvalue weighted by molar-refractivity contribution is 0.222. The number of aryl methyl sites for hydroxylation is 1. The Balaban J connectivity index is 2.04. The third-order valence-electron chi connectivity index (χ3n) is 2.95. The van der Waals surface area contributed by atoms with Gasteiger partial charge in [0.2, 0.25) is 0 Å². The predicted molar refractivity (Wildman–Crippen MR) is 65.4 cm³/mol. The number of aromatic nitrogens is 3. The summed E-state index contributed by atoms with van der Waals surface area (Å²) >= 11 is 0. The summed E-state index contributed by atoms with van der Waals surface area (Å²) in [5, 5.41) is 13.4. The Kier molecular flexibility index (Phi) is 4.04. The average Bonchev–Trinajstić information content (AvgIpc) is 2.74. The quantitative estimate of drug-likeness (QED) is 0.870. The summed E-state index contributed by atoms with van der Waals surface area (Å²) in [4.78, 5) is 4.13. The molecule has 1 aromatic carbocycles. The van der Waals surface area contributed by atoms with Gasteiger partial charge < -0.3 is 5.11 Å². The van der Waals surface area contributed by atoms with Crippen molar-refractivity contribution in [2.75, 3.05) is 6.61 Å². The van der Waals surface area contributed by atoms with Gasteiger partial charge in [-0.15, -0.1) is 0 Å². The molecule has 0 amide bonds. The molecular weight excluding hydrogens is 233 g/mol. The third kappa shape index (κ3) is 3.13. The van der Waals surface area contributed by atoms with Crippen molar-refractivity contribution in [2.45, 2.75) is 12.8 Å². The maximum atomic E-state index is 13.1. The van der Waals surface area contributed by atoms with E-state index >= 15 is 0 Å². The summed E-state index contributed by atoms with van der Waals surface area (Å²) in [6.07, 6.45) is 2.75. The third-order valence-corrected chi connectivity index (χ3v) is 2.95. The molecule has 0 aliphatic heterocycles. The van der Waals surface area contributed by atoms with Crippen molar-refractivity contribution in [3.05, 3.63) is 47.8 Å². The monoisotopic (exact) mass is 249 g/mol. The highest BCUT2D eigenvalue weighted by Crippen LogP contribution is 2.14. The Bertz CT molecular complexity index is 512. The lowest BCUT2D eigenvalue weighted by Gasteiger charge is -2.13. The first-order valence-electron chi connectivity index (χ1n) is 5.87. The van der Waals surface area contributed by atoms with Gasteiger partial charge in [0.15, 0.2) is 0 Å². The van der Waals surface area contributed by atoms with Crippen LogP contribution in [0.1, 0.15) is 11.4 Å². The van der Waals surface area contributed by atoms with Crippen molar-refractivity contribution in [1.29, 1.82) is 0 Å². The summed E-state index contributed by atoms with van der Waals surface area (Å²) in [5.41, 5.74) is 0.885. The van der Waals surface area contributed by atoms with Crippen LogP contribution in [0.5, 0.6) is 0 Å². The second-order valence-corrected chi connectivity index (χ2v) is 4.39. The van der Waals surface area contributed by atoms with Crippen molar-refractivity contribution in [3.63, 3.8) is 0 Å². The molecule has 0 radical (unpaired) electrons. The van der Waals surface area contributed by atoms with Crippen LogP contribution in [0.4, 0.5) is 4.39 Å². The van der Waals surface area contributed by atoms with Crippen molar-refractivity contribution >= 4 is 0 Å². The van der Waals surface area contributed by atoms with Crippen LogP contribution in [0.25, 0.3) is 0 Å². The van der Waals surface area contributed by atoms with E-state index in [0.29, 0.717) is 12.8 Å². The molecule has 2 aromatic rings. The minimum Gasteiger partial charge on any atom is -0.396 e. The molecule has 0 bridgehead atoms. The lowest BCUT2D eigenvalue weighted by atomic mass is 9.96. The summed E-state index contributed by atoms with van der Waals surface area (Å²) in [5.74, 6) is 0.600. The zero-order valence-corrected chi connectivity index (χ0v) is 10.3. The molecule has 5 heteroatoms. The summed E-state index contributed by atoms with van der Waals surface area (Å²) in [6, 6.07) is 6.46. The molecule has 1 aromatic heterocycles. The average molecular weight is 249 g/mol. The number of aliphatic hydroxyl groups is 1. The van der Waals surface area contributed by atoms with E-state index in [1.54, 1.807) is 10.7 Å². The van der Waals surface area contributed by atoms with E-state index in [0.717, 1.165) is 11.4 Å². The van der Waals surface area contributed by atoms with Crippen LogP contribution in [0.3, 0.4) is 0 Å². The number of nitrogens with zero attached hydrogens (tertiary/aromatic N) is 3. The Morgan fingerprint density at radius 2 is 2.22 bits per heavy atom. The Morgan fingerprint density at radius 1 is 1.39 bits per heavy atom. The molecule has 0 aliphatic carbocycles. The molecule has 0 saturated heterocycles. The van der Waals surface area contributed by atoms with Gasteiger partial charge in [-0.05, 0) is 30.0 Å². The fraction of sp³-hybridized carbons (Fsp3) is 0.385. The Labute approximate surface area is 105 Å². The number of aliphatic hydroxyl groups excluding tert-OH is 1. The van der Waals surface area contributed by atoms with Gasteiger partial charge in [-0.25, -0.2) is 9.37 Å². The highest BCUT2D eigenvalue weighted by molar-refractivity contribution is 5.17. The van der Waals surface area contributed by atoms with Crippen LogP contribution >= 0.6 is 0 Å². The van der Waals surface area contributed by atoms with Gasteiger partial charge in [-0.1, -0.05) is 12.1 Å². The van der Waals surface area contributed by atoms with Crippen molar-refractivity contribution < 1.29 is 9.50 Å². The topological polar surface area (TPSA) is 50.9 Å². The van der Waals surface area contributed by atoms with E-state index in [-0.39, 0.29) is 18.3 Å². The zero-order chi connectivity index (χ0) is 13.0. The molecule has 0 spiro atoms. The van der Waals surface area contributed by atoms with Crippen LogP contribution in [-0.4, -0.2) is 26.5 Å². The standard InChI is InChI=1S/C13H16FN3O/c1-17-13(15-9-16-17)7-11(8-18)5-10-3-2-4-12(14)6-10/h2-4,6,9,11,18H,5,7-8H2,1H3. The fourth-order valence-corrected chi connectivity index (χ4v) is 1.96. The van der Waals surface area contributed by atoms with Gasteiger partial charge in [0.1, 0.15) is 18.0 Å². The Morgan fingerprint density at radius 3 is 2.83 bits per heavy atom. The molecule has 1 N–H and O–H groups in total. The SMILES string of the molecule is Cn1ncnc1CC(CO)Cc1cccc(F)c1. The first-order valence-corrected chi connectivity index (χ1v) is 5.87. The number of hydrogen-bond donors (Lipinski definition) is 1. The Hall–Kier alpha value is -1.75. The molecule has 1 atom stereocenters. The smallest absolute Gasteiger partial charge is 0.138 e. The maximum absolute atomic E-state index is 13.1. The summed E-state index contributed by atoms with van der Waals surface area (Å²) in [7, 11) is 1.82. The summed E-state index contributed by atoms with van der Waals surface area (Å²) < 4.78 is 14.8. The number of rotatable bonds is 5. The molecule has 2 rings (SSSR count). The second-order valence-electron chi connectivity index (χ2n) is 4.39. The summed E-state index contributed by atoms with van der Waals surface area (Å²) in [6.45, 7) is 0.0450. The van der Waals surface area contributed by atoms with E-state index in [4.69, 9.17) is 0 Å². The predicted octanol–water partition coefficient (Wildman–Crippen LogP) is 1.35. The van der Waals surface area contributed by atoms with Gasteiger partial charge >= 0.3 is 0 Å². The molecule has 96 valence electrons. The first-order chi connectivity index (χ1) is 8.69. The van der Waals surface area contributed by atoms with Gasteiger partial charge in [-0.2, -0.15) is 5.10 Å². The van der Waals surface area contributed by atoms with Gasteiger partial charge in [0.05, 0.1) is 0 Å². The van der Waals surface area contributed by atoms with Crippen LogP contribution in [0.15, 0.2) is 30.6 Å². The van der Waals surface area contributed by atoms with Gasteiger partial charge in [0, 0.05) is 20.1 Å². The molecule has 0 fully saturated rings. The molecule has 1 unspecified atom stereocenters. The number of hydrogen-bond acceptors (Lipinski definition) is 3. The lowest BCUT2D eigenvalue weighted by Crippen LogP contribution is -2.16. The van der Waals surface area contributed by atoms with Crippen LogP contribution in [0, 0.1) is 11.7 Å². The van der Waals surface area contributed by atoms with Crippen molar-refractivity contribution in [3.8, 4) is 0 Å². The highest BCUT2D eigenvalue weighted by Gasteiger charge is 2.13. The minimum atomic E-state index is -0.247. The van der Waals surface area contributed by atoms with E-state index in [9.17, 15) is 9.50 Å². The largest absolute Gasteiger partial charge is 0.396 e. The normalized spacial score (nSPS) is 12.6. The van der Waals surface area contributed by atoms with Gasteiger partial charge in [0.25, 0.3) is 0 Å². The molecule has 4 nitrogen and oxygen atoms in total. The van der Waals surface area contributed by atoms with E-state index in [1.165, 1.54) is 18.5 Å². The second kappa shape index (κ2) is 5.73.